The molecule has 1 aromatic heterocycles. The highest BCUT2D eigenvalue weighted by molar-refractivity contribution is 5.49. The number of fused-ring (bicyclic) bond motifs is 1. The fourth-order valence-corrected chi connectivity index (χ4v) is 3.21. The van der Waals surface area contributed by atoms with Gasteiger partial charge in [-0.25, -0.2) is 4.98 Å². The summed E-state index contributed by atoms with van der Waals surface area (Å²) in [5.41, 5.74) is 7.22. The van der Waals surface area contributed by atoms with Crippen molar-refractivity contribution in [3.05, 3.63) is 23.9 Å². The van der Waals surface area contributed by atoms with Crippen molar-refractivity contribution >= 4 is 5.82 Å². The molecule has 2 aliphatic rings. The van der Waals surface area contributed by atoms with Gasteiger partial charge in [-0.2, -0.15) is 0 Å². The predicted molar refractivity (Wildman–Crippen MR) is 73.6 cm³/mol. The minimum Gasteiger partial charge on any atom is -0.353 e. The van der Waals surface area contributed by atoms with Crippen molar-refractivity contribution in [3.63, 3.8) is 0 Å². The summed E-state index contributed by atoms with van der Waals surface area (Å²) in [5.74, 6) is 1.10. The Morgan fingerprint density at radius 3 is 3.11 bits per heavy atom. The lowest BCUT2D eigenvalue weighted by Crippen LogP contribution is -2.50. The number of aromatic nitrogens is 1. The van der Waals surface area contributed by atoms with Crippen LogP contribution in [0.25, 0.3) is 0 Å². The van der Waals surface area contributed by atoms with E-state index in [0.29, 0.717) is 0 Å². The predicted octanol–water partition coefficient (Wildman–Crippen LogP) is 1.39. The molecule has 1 aromatic rings. The molecule has 98 valence electrons. The van der Waals surface area contributed by atoms with Crippen LogP contribution in [0.5, 0.6) is 0 Å². The van der Waals surface area contributed by atoms with E-state index in [4.69, 9.17) is 5.73 Å². The van der Waals surface area contributed by atoms with Crippen LogP contribution in [-0.2, 0) is 0 Å². The summed E-state index contributed by atoms with van der Waals surface area (Å²) in [5, 5.41) is 0. The van der Waals surface area contributed by atoms with Gasteiger partial charge in [0.2, 0.25) is 0 Å². The van der Waals surface area contributed by atoms with Crippen molar-refractivity contribution in [1.82, 2.24) is 9.88 Å². The summed E-state index contributed by atoms with van der Waals surface area (Å²) in [7, 11) is 0. The summed E-state index contributed by atoms with van der Waals surface area (Å²) >= 11 is 0. The smallest absolute Gasteiger partial charge is 0.133 e. The zero-order valence-electron chi connectivity index (χ0n) is 11.0. The zero-order valence-corrected chi connectivity index (χ0v) is 11.0. The van der Waals surface area contributed by atoms with Crippen LogP contribution in [0.1, 0.15) is 31.4 Å². The van der Waals surface area contributed by atoms with E-state index >= 15 is 0 Å². The first-order valence-electron chi connectivity index (χ1n) is 6.95. The third kappa shape index (κ3) is 2.10. The van der Waals surface area contributed by atoms with Gasteiger partial charge in [-0.15, -0.1) is 0 Å². The third-order valence-electron chi connectivity index (χ3n) is 4.19. The summed E-state index contributed by atoms with van der Waals surface area (Å²) in [6.45, 7) is 6.66. The van der Waals surface area contributed by atoms with Crippen LogP contribution in [0.3, 0.4) is 0 Å². The molecule has 0 aromatic carbocycles. The first kappa shape index (κ1) is 11.9. The Balaban J connectivity index is 1.82. The minimum atomic E-state index is 0.0512. The normalized spacial score (nSPS) is 26.1. The summed E-state index contributed by atoms with van der Waals surface area (Å²) in [6, 6.07) is 4.86. The zero-order chi connectivity index (χ0) is 12.5. The lowest BCUT2D eigenvalue weighted by atomic mass is 10.1. The minimum absolute atomic E-state index is 0.0512. The first-order valence-corrected chi connectivity index (χ1v) is 6.95. The molecule has 3 rings (SSSR count). The Labute approximate surface area is 109 Å². The largest absolute Gasteiger partial charge is 0.353 e. The van der Waals surface area contributed by atoms with Gasteiger partial charge in [0.05, 0.1) is 0 Å². The van der Waals surface area contributed by atoms with E-state index in [-0.39, 0.29) is 6.04 Å². The Morgan fingerprint density at radius 1 is 1.39 bits per heavy atom. The molecule has 2 saturated heterocycles. The number of anilines is 1. The standard InChI is InChI=1S/C14H22N4/c1-11(15)13-5-2-6-16-14(13)18-9-8-17-7-3-4-12(17)10-18/h2,5-6,11-12H,3-4,7-10,15H2,1H3/t11-,12?/m0/s1. The molecule has 4 heteroatoms. The average molecular weight is 246 g/mol. The van der Waals surface area contributed by atoms with Crippen LogP contribution in [0, 0.1) is 0 Å². The molecule has 0 bridgehead atoms. The number of rotatable bonds is 2. The molecular formula is C14H22N4. The number of piperazine rings is 1. The molecule has 2 atom stereocenters. The van der Waals surface area contributed by atoms with Gasteiger partial charge in [0.25, 0.3) is 0 Å². The van der Waals surface area contributed by atoms with Gasteiger partial charge in [-0.05, 0) is 32.4 Å². The van der Waals surface area contributed by atoms with Crippen LogP contribution < -0.4 is 10.6 Å². The highest BCUT2D eigenvalue weighted by Crippen LogP contribution is 2.28. The van der Waals surface area contributed by atoms with Crippen molar-refractivity contribution in [3.8, 4) is 0 Å². The van der Waals surface area contributed by atoms with Crippen molar-refractivity contribution < 1.29 is 0 Å². The molecule has 2 aliphatic heterocycles. The molecular weight excluding hydrogens is 224 g/mol. The maximum atomic E-state index is 6.05. The van der Waals surface area contributed by atoms with Gasteiger partial charge in [0.1, 0.15) is 5.82 Å². The fourth-order valence-electron chi connectivity index (χ4n) is 3.21. The van der Waals surface area contributed by atoms with Gasteiger partial charge in [0.15, 0.2) is 0 Å². The molecule has 0 aliphatic carbocycles. The van der Waals surface area contributed by atoms with Gasteiger partial charge in [0, 0.05) is 43.5 Å². The topological polar surface area (TPSA) is 45.4 Å². The lowest BCUT2D eigenvalue weighted by molar-refractivity contribution is 0.230. The second kappa shape index (κ2) is 4.86. The number of hydrogen-bond donors (Lipinski definition) is 1. The number of nitrogens with two attached hydrogens (primary N) is 1. The van der Waals surface area contributed by atoms with Gasteiger partial charge < -0.3 is 10.6 Å². The second-order valence-electron chi connectivity index (χ2n) is 5.48. The van der Waals surface area contributed by atoms with Crippen LogP contribution in [0.2, 0.25) is 0 Å². The van der Waals surface area contributed by atoms with Crippen molar-refractivity contribution in [2.45, 2.75) is 31.8 Å². The SMILES string of the molecule is C[C@H](N)c1cccnc1N1CCN2CCCC2C1. The van der Waals surface area contributed by atoms with Crippen molar-refractivity contribution in [1.29, 1.82) is 0 Å². The maximum Gasteiger partial charge on any atom is 0.133 e. The Bertz CT molecular complexity index is 418. The average Bonchev–Trinajstić information content (AvgIpc) is 2.85. The van der Waals surface area contributed by atoms with Gasteiger partial charge in [-0.3, -0.25) is 4.90 Å². The van der Waals surface area contributed by atoms with Crippen molar-refractivity contribution in [2.24, 2.45) is 5.73 Å². The molecule has 0 radical (unpaired) electrons. The molecule has 2 N–H and O–H groups in total. The first-order chi connectivity index (χ1) is 8.75. The van der Waals surface area contributed by atoms with E-state index in [2.05, 4.69) is 20.9 Å². The van der Waals surface area contributed by atoms with E-state index in [1.807, 2.05) is 19.2 Å². The summed E-state index contributed by atoms with van der Waals surface area (Å²) < 4.78 is 0. The van der Waals surface area contributed by atoms with Crippen LogP contribution in [-0.4, -0.2) is 42.1 Å². The third-order valence-corrected chi connectivity index (χ3v) is 4.19. The molecule has 2 fully saturated rings. The molecule has 4 nitrogen and oxygen atoms in total. The second-order valence-corrected chi connectivity index (χ2v) is 5.48. The number of nitrogens with zero attached hydrogens (tertiary/aromatic N) is 3. The molecule has 0 amide bonds. The summed E-state index contributed by atoms with van der Waals surface area (Å²) in [4.78, 5) is 9.60. The van der Waals surface area contributed by atoms with Gasteiger partial charge >= 0.3 is 0 Å². The Kier molecular flexibility index (Phi) is 3.22. The monoisotopic (exact) mass is 246 g/mol. The quantitative estimate of drug-likeness (QED) is 0.856. The van der Waals surface area contributed by atoms with E-state index in [9.17, 15) is 0 Å². The molecule has 0 saturated carbocycles. The summed E-state index contributed by atoms with van der Waals surface area (Å²) in [6.07, 6.45) is 4.56. The Morgan fingerprint density at radius 2 is 2.28 bits per heavy atom. The van der Waals surface area contributed by atoms with E-state index in [0.717, 1.165) is 24.9 Å². The highest BCUT2D eigenvalue weighted by atomic mass is 15.3. The van der Waals surface area contributed by atoms with E-state index < -0.39 is 0 Å². The maximum absolute atomic E-state index is 6.05. The van der Waals surface area contributed by atoms with Crippen LogP contribution in [0.4, 0.5) is 5.82 Å². The van der Waals surface area contributed by atoms with Crippen molar-refractivity contribution in [2.75, 3.05) is 31.1 Å². The Hall–Kier alpha value is -1.13. The van der Waals surface area contributed by atoms with Crippen LogP contribution in [0.15, 0.2) is 18.3 Å². The highest BCUT2D eigenvalue weighted by Gasteiger charge is 2.31. The molecule has 1 unspecified atom stereocenters. The molecule has 0 spiro atoms. The lowest BCUT2D eigenvalue weighted by Gasteiger charge is -2.39. The molecule has 18 heavy (non-hydrogen) atoms. The van der Waals surface area contributed by atoms with E-state index in [1.165, 1.54) is 31.5 Å². The van der Waals surface area contributed by atoms with E-state index in [1.54, 1.807) is 0 Å². The van der Waals surface area contributed by atoms with Crippen LogP contribution >= 0.6 is 0 Å². The number of hydrogen-bond acceptors (Lipinski definition) is 4. The molecule has 3 heterocycles. The number of pyridine rings is 1. The fraction of sp³-hybridized carbons (Fsp3) is 0.643. The van der Waals surface area contributed by atoms with Gasteiger partial charge in [-0.1, -0.05) is 6.07 Å².